The first-order valence-corrected chi connectivity index (χ1v) is 10.6. The molecule has 0 aliphatic carbocycles. The van der Waals surface area contributed by atoms with E-state index in [9.17, 15) is 4.79 Å². The molecule has 2 aromatic carbocycles. The molecule has 6 nitrogen and oxygen atoms in total. The zero-order valence-electron chi connectivity index (χ0n) is 19.3. The van der Waals surface area contributed by atoms with Gasteiger partial charge >= 0.3 is 6.09 Å². The molecule has 0 bridgehead atoms. The molecule has 1 saturated heterocycles. The maximum atomic E-state index is 11.0. The highest BCUT2D eigenvalue weighted by molar-refractivity contribution is 5.66. The molecule has 2 aromatic rings. The molecule has 0 aromatic heterocycles. The van der Waals surface area contributed by atoms with Crippen molar-refractivity contribution < 1.29 is 23.7 Å². The molecule has 3 rings (SSSR count). The minimum atomic E-state index is -0.437. The second-order valence-electron chi connectivity index (χ2n) is 6.62. The summed E-state index contributed by atoms with van der Waals surface area (Å²) in [6, 6.07) is 15.8. The van der Waals surface area contributed by atoms with Crippen LogP contribution in [0.4, 0.5) is 4.79 Å². The first-order chi connectivity index (χ1) is 15.6. The minimum Gasteiger partial charge on any atom is -0.497 e. The number of allylic oxidation sites excluding steroid dienone is 1. The van der Waals surface area contributed by atoms with Crippen molar-refractivity contribution in [3.63, 3.8) is 0 Å². The van der Waals surface area contributed by atoms with Crippen LogP contribution in [0.2, 0.25) is 0 Å². The highest BCUT2D eigenvalue weighted by Gasteiger charge is 2.22. The van der Waals surface area contributed by atoms with Gasteiger partial charge in [-0.3, -0.25) is 0 Å². The Morgan fingerprint density at radius 2 is 1.78 bits per heavy atom. The summed E-state index contributed by atoms with van der Waals surface area (Å²) in [4.78, 5) is 11.0. The molecule has 0 saturated carbocycles. The summed E-state index contributed by atoms with van der Waals surface area (Å²) in [5.74, 6) is 0.753. The SMILES string of the molecule is C=CCC.C=Cc1ccccc1.COC(=O)NCCc1ccc(OC)cc1C1OCCO1. The summed E-state index contributed by atoms with van der Waals surface area (Å²) in [7, 11) is 2.96. The summed E-state index contributed by atoms with van der Waals surface area (Å²) in [5, 5.41) is 2.65. The largest absolute Gasteiger partial charge is 0.497 e. The Balaban J connectivity index is 0.000000350. The lowest BCUT2D eigenvalue weighted by molar-refractivity contribution is -0.0448. The lowest BCUT2D eigenvalue weighted by Gasteiger charge is -2.16. The van der Waals surface area contributed by atoms with Crippen molar-refractivity contribution >= 4 is 12.2 Å². The molecule has 1 aliphatic heterocycles. The summed E-state index contributed by atoms with van der Waals surface area (Å²) in [6.45, 7) is 10.8. The van der Waals surface area contributed by atoms with E-state index in [4.69, 9.17) is 14.2 Å². The molecule has 1 N–H and O–H groups in total. The molecular formula is C26H35NO5. The Kier molecular flexibility index (Phi) is 14.0. The number of methoxy groups -OCH3 is 2. The van der Waals surface area contributed by atoms with Crippen molar-refractivity contribution in [1.29, 1.82) is 0 Å². The Morgan fingerprint density at radius 3 is 2.28 bits per heavy atom. The number of benzene rings is 2. The number of carbonyl (C=O) groups excluding carboxylic acids is 1. The van der Waals surface area contributed by atoms with Gasteiger partial charge in [0.1, 0.15) is 5.75 Å². The van der Waals surface area contributed by atoms with Crippen molar-refractivity contribution in [2.24, 2.45) is 0 Å². The molecule has 1 fully saturated rings. The van der Waals surface area contributed by atoms with Crippen molar-refractivity contribution in [3.8, 4) is 5.75 Å². The highest BCUT2D eigenvalue weighted by Crippen LogP contribution is 2.29. The predicted octanol–water partition coefficient (Wildman–Crippen LogP) is 5.55. The predicted molar refractivity (Wildman–Crippen MR) is 129 cm³/mol. The normalized spacial score (nSPS) is 12.3. The van der Waals surface area contributed by atoms with Gasteiger partial charge in [0.2, 0.25) is 0 Å². The lowest BCUT2D eigenvalue weighted by atomic mass is 10.0. The molecule has 0 radical (unpaired) electrons. The second kappa shape index (κ2) is 16.6. The average molecular weight is 442 g/mol. The van der Waals surface area contributed by atoms with Gasteiger partial charge in [0.05, 0.1) is 27.4 Å². The van der Waals surface area contributed by atoms with Crippen LogP contribution in [0.5, 0.6) is 5.75 Å². The molecule has 0 atom stereocenters. The molecule has 174 valence electrons. The summed E-state index contributed by atoms with van der Waals surface area (Å²) in [5.41, 5.74) is 3.16. The van der Waals surface area contributed by atoms with Crippen molar-refractivity contribution in [2.75, 3.05) is 34.0 Å². The van der Waals surface area contributed by atoms with Crippen LogP contribution in [-0.4, -0.2) is 40.1 Å². The first kappa shape index (κ1) is 26.9. The maximum absolute atomic E-state index is 11.0. The van der Waals surface area contributed by atoms with Crippen molar-refractivity contribution in [1.82, 2.24) is 5.32 Å². The third kappa shape index (κ3) is 10.3. The van der Waals surface area contributed by atoms with Crippen LogP contribution >= 0.6 is 0 Å². The van der Waals surface area contributed by atoms with Gasteiger partial charge in [-0.05, 0) is 36.1 Å². The number of nitrogens with one attached hydrogen (secondary N) is 1. The van der Waals surface area contributed by atoms with Crippen LogP contribution < -0.4 is 10.1 Å². The van der Waals surface area contributed by atoms with Crippen molar-refractivity contribution in [2.45, 2.75) is 26.1 Å². The fourth-order valence-electron chi connectivity index (χ4n) is 2.65. The van der Waals surface area contributed by atoms with E-state index < -0.39 is 6.09 Å². The molecular weight excluding hydrogens is 406 g/mol. The standard InChI is InChI=1S/C14H19NO5.C8H8.C4H8/c1-17-11-4-3-10(5-6-15-14(16)18-2)12(9-11)13-19-7-8-20-13;1-2-8-6-4-3-5-7-8;1-3-4-2/h3-4,9,13H,5-8H2,1-2H3,(H,15,16);2-7H,1H2;3H,1,4H2,2H3. The van der Waals surface area contributed by atoms with Gasteiger partial charge in [-0.25, -0.2) is 4.79 Å². The Hall–Kier alpha value is -3.09. The van der Waals surface area contributed by atoms with E-state index in [-0.39, 0.29) is 6.29 Å². The van der Waals surface area contributed by atoms with Crippen molar-refractivity contribution in [3.05, 3.63) is 84.5 Å². The zero-order chi connectivity index (χ0) is 23.6. The maximum Gasteiger partial charge on any atom is 0.406 e. The molecule has 0 spiro atoms. The van der Waals surface area contributed by atoms with Crippen LogP contribution in [0.3, 0.4) is 0 Å². The Morgan fingerprint density at radius 1 is 1.12 bits per heavy atom. The van der Waals surface area contributed by atoms with Gasteiger partial charge in [0.15, 0.2) is 6.29 Å². The smallest absolute Gasteiger partial charge is 0.406 e. The van der Waals surface area contributed by atoms with E-state index in [0.29, 0.717) is 26.2 Å². The topological polar surface area (TPSA) is 66.0 Å². The first-order valence-electron chi connectivity index (χ1n) is 10.6. The molecule has 32 heavy (non-hydrogen) atoms. The van der Waals surface area contributed by atoms with Gasteiger partial charge < -0.3 is 24.3 Å². The number of ether oxygens (including phenoxy) is 4. The van der Waals surface area contributed by atoms with Gasteiger partial charge in [0, 0.05) is 12.1 Å². The van der Waals surface area contributed by atoms with Gasteiger partial charge in [-0.1, -0.05) is 62.1 Å². The van der Waals surface area contributed by atoms with Crippen LogP contribution in [0.1, 0.15) is 36.3 Å². The van der Waals surface area contributed by atoms with Crippen LogP contribution in [-0.2, 0) is 20.6 Å². The summed E-state index contributed by atoms with van der Waals surface area (Å²) < 4.78 is 20.8. The van der Waals surface area contributed by atoms with E-state index in [1.807, 2.05) is 60.7 Å². The van der Waals surface area contributed by atoms with E-state index in [1.165, 1.54) is 12.7 Å². The highest BCUT2D eigenvalue weighted by atomic mass is 16.7. The number of carbonyl (C=O) groups is 1. The Labute approximate surface area is 191 Å². The number of hydrogen-bond acceptors (Lipinski definition) is 5. The fourth-order valence-corrected chi connectivity index (χ4v) is 2.65. The van der Waals surface area contributed by atoms with Gasteiger partial charge in [0.25, 0.3) is 0 Å². The molecule has 1 amide bonds. The van der Waals surface area contributed by atoms with E-state index in [2.05, 4.69) is 30.1 Å². The van der Waals surface area contributed by atoms with E-state index in [0.717, 1.165) is 23.3 Å². The number of hydrogen-bond donors (Lipinski definition) is 1. The summed E-state index contributed by atoms with van der Waals surface area (Å²) >= 11 is 0. The van der Waals surface area contributed by atoms with Gasteiger partial charge in [-0.15, -0.1) is 6.58 Å². The fraction of sp³-hybridized carbons (Fsp3) is 0.346. The minimum absolute atomic E-state index is 0.363. The molecule has 6 heteroatoms. The number of rotatable bonds is 7. The van der Waals surface area contributed by atoms with Crippen LogP contribution in [0.25, 0.3) is 6.08 Å². The average Bonchev–Trinajstić information content (AvgIpc) is 3.40. The van der Waals surface area contributed by atoms with Gasteiger partial charge in [-0.2, -0.15) is 0 Å². The molecule has 1 aliphatic rings. The quantitative estimate of drug-likeness (QED) is 0.571. The second-order valence-corrected chi connectivity index (χ2v) is 6.62. The third-order valence-corrected chi connectivity index (χ3v) is 4.40. The lowest BCUT2D eigenvalue weighted by Crippen LogP contribution is -2.25. The zero-order valence-corrected chi connectivity index (χ0v) is 19.3. The third-order valence-electron chi connectivity index (χ3n) is 4.40. The monoisotopic (exact) mass is 441 g/mol. The van der Waals surface area contributed by atoms with Crippen LogP contribution in [0, 0.1) is 0 Å². The van der Waals surface area contributed by atoms with E-state index >= 15 is 0 Å². The molecule has 1 heterocycles. The molecule has 0 unspecified atom stereocenters. The number of amides is 1. The Bertz CT molecular complexity index is 801. The summed E-state index contributed by atoms with van der Waals surface area (Å²) in [6.07, 6.45) is 4.66. The number of alkyl carbamates (subject to hydrolysis) is 1. The van der Waals surface area contributed by atoms with E-state index in [1.54, 1.807) is 7.11 Å². The van der Waals surface area contributed by atoms with Crippen LogP contribution in [0.15, 0.2) is 67.8 Å².